The Hall–Kier alpha value is -2.29. The second-order valence-corrected chi connectivity index (χ2v) is 6.32. The lowest BCUT2D eigenvalue weighted by Gasteiger charge is -2.10. The molecule has 0 saturated heterocycles. The van der Waals surface area contributed by atoms with Gasteiger partial charge in [-0.2, -0.15) is 13.2 Å². The van der Waals surface area contributed by atoms with Crippen LogP contribution in [0.15, 0.2) is 36.4 Å². The molecule has 3 aromatic rings. The van der Waals surface area contributed by atoms with Crippen molar-refractivity contribution in [2.45, 2.75) is 12.9 Å². The summed E-state index contributed by atoms with van der Waals surface area (Å²) in [5.41, 5.74) is 0.240. The number of para-hydroxylation sites is 1. The zero-order valence-corrected chi connectivity index (χ0v) is 15.3. The van der Waals surface area contributed by atoms with Crippen molar-refractivity contribution in [3.63, 3.8) is 0 Å². The summed E-state index contributed by atoms with van der Waals surface area (Å²) in [6.07, 6.45) is -4.69. The van der Waals surface area contributed by atoms with Gasteiger partial charge in [0.05, 0.1) is 26.8 Å². The van der Waals surface area contributed by atoms with E-state index in [-0.39, 0.29) is 39.1 Å². The second kappa shape index (κ2) is 7.38. The Labute approximate surface area is 161 Å². The van der Waals surface area contributed by atoms with Crippen LogP contribution in [0.3, 0.4) is 0 Å². The average Bonchev–Trinajstić information content (AvgIpc) is 2.95. The van der Waals surface area contributed by atoms with E-state index in [1.807, 2.05) is 0 Å². The highest BCUT2D eigenvalue weighted by molar-refractivity contribution is 6.40. The number of nitrogens with one attached hydrogen (secondary N) is 1. The molecule has 5 nitrogen and oxygen atoms in total. The van der Waals surface area contributed by atoms with E-state index in [4.69, 9.17) is 27.9 Å². The van der Waals surface area contributed by atoms with Gasteiger partial charge in [-0.15, -0.1) is 0 Å². The predicted molar refractivity (Wildman–Crippen MR) is 96.2 cm³/mol. The molecule has 1 N–H and O–H groups in total. The maximum atomic E-state index is 13.3. The summed E-state index contributed by atoms with van der Waals surface area (Å²) in [6.45, 7) is -0.348. The summed E-state index contributed by atoms with van der Waals surface area (Å²) < 4.78 is 45.7. The van der Waals surface area contributed by atoms with E-state index in [1.165, 1.54) is 37.4 Å². The standard InChI is InChI=1S/C17H12Cl2F3N3O2/c1-27-8-25-12-7-3-6-11(14(12)24-16(25)17(20,21)22)23-15(26)13-9(18)4-2-5-10(13)19/h2-7H,8H2,1H3,(H,23,26). The van der Waals surface area contributed by atoms with Crippen molar-refractivity contribution in [3.8, 4) is 0 Å². The van der Waals surface area contributed by atoms with Gasteiger partial charge < -0.3 is 10.1 Å². The predicted octanol–water partition coefficient (Wildman–Crippen LogP) is 5.22. The Morgan fingerprint density at radius 3 is 2.41 bits per heavy atom. The van der Waals surface area contributed by atoms with Crippen LogP contribution in [0.4, 0.5) is 18.9 Å². The Kier molecular flexibility index (Phi) is 5.32. The molecule has 0 unspecified atom stereocenters. The first-order chi connectivity index (χ1) is 12.7. The lowest BCUT2D eigenvalue weighted by atomic mass is 10.2. The van der Waals surface area contributed by atoms with Crippen LogP contribution in [-0.2, 0) is 17.6 Å². The van der Waals surface area contributed by atoms with E-state index in [1.54, 1.807) is 6.07 Å². The van der Waals surface area contributed by atoms with Crippen LogP contribution < -0.4 is 5.32 Å². The number of anilines is 1. The van der Waals surface area contributed by atoms with Gasteiger partial charge in [-0.05, 0) is 24.3 Å². The normalized spacial score (nSPS) is 11.8. The highest BCUT2D eigenvalue weighted by Gasteiger charge is 2.38. The number of methoxy groups -OCH3 is 1. The Morgan fingerprint density at radius 1 is 1.19 bits per heavy atom. The van der Waals surface area contributed by atoms with Gasteiger partial charge in [-0.1, -0.05) is 35.3 Å². The Balaban J connectivity index is 2.09. The van der Waals surface area contributed by atoms with Crippen LogP contribution in [0, 0.1) is 0 Å². The molecule has 0 atom stereocenters. The van der Waals surface area contributed by atoms with E-state index in [0.29, 0.717) is 0 Å². The number of hydrogen-bond acceptors (Lipinski definition) is 3. The third-order valence-corrected chi connectivity index (χ3v) is 4.36. The lowest BCUT2D eigenvalue weighted by molar-refractivity contribution is -0.148. The molecule has 0 fully saturated rings. The molecule has 1 heterocycles. The fraction of sp³-hybridized carbons (Fsp3) is 0.176. The van der Waals surface area contributed by atoms with Crippen molar-refractivity contribution in [2.75, 3.05) is 12.4 Å². The number of carbonyl (C=O) groups is 1. The third-order valence-electron chi connectivity index (χ3n) is 3.73. The summed E-state index contributed by atoms with van der Waals surface area (Å²) in [6, 6.07) is 8.93. The topological polar surface area (TPSA) is 56.1 Å². The van der Waals surface area contributed by atoms with Crippen LogP contribution in [0.5, 0.6) is 0 Å². The van der Waals surface area contributed by atoms with Crippen molar-refractivity contribution >= 4 is 45.8 Å². The van der Waals surface area contributed by atoms with Crippen molar-refractivity contribution in [1.82, 2.24) is 9.55 Å². The molecule has 0 bridgehead atoms. The molecule has 0 saturated carbocycles. The SMILES string of the molecule is COCn1c(C(F)(F)F)nc2c(NC(=O)c3c(Cl)cccc3Cl)cccc21. The number of amides is 1. The minimum absolute atomic E-state index is 0.0187. The molecule has 0 spiro atoms. The summed E-state index contributed by atoms with van der Waals surface area (Å²) in [5.74, 6) is -1.79. The molecule has 0 aliphatic rings. The zero-order valence-electron chi connectivity index (χ0n) is 13.8. The molecule has 142 valence electrons. The molecule has 10 heteroatoms. The molecule has 0 aliphatic carbocycles. The van der Waals surface area contributed by atoms with Crippen molar-refractivity contribution in [2.24, 2.45) is 0 Å². The number of rotatable bonds is 4. The number of alkyl halides is 3. The highest BCUT2D eigenvalue weighted by Crippen LogP contribution is 2.34. The van der Waals surface area contributed by atoms with E-state index in [2.05, 4.69) is 10.3 Å². The number of aromatic nitrogens is 2. The minimum Gasteiger partial charge on any atom is -0.364 e. The largest absolute Gasteiger partial charge is 0.449 e. The van der Waals surface area contributed by atoms with Crippen molar-refractivity contribution in [3.05, 3.63) is 57.8 Å². The van der Waals surface area contributed by atoms with Gasteiger partial charge in [0.25, 0.3) is 5.91 Å². The van der Waals surface area contributed by atoms with Gasteiger partial charge in [0, 0.05) is 7.11 Å². The van der Waals surface area contributed by atoms with E-state index >= 15 is 0 Å². The van der Waals surface area contributed by atoms with Gasteiger partial charge in [0.1, 0.15) is 12.2 Å². The van der Waals surface area contributed by atoms with E-state index in [0.717, 1.165) is 4.57 Å². The highest BCUT2D eigenvalue weighted by atomic mass is 35.5. The van der Waals surface area contributed by atoms with Gasteiger partial charge in [0.15, 0.2) is 0 Å². The summed E-state index contributed by atoms with van der Waals surface area (Å²) >= 11 is 12.0. The number of benzene rings is 2. The third kappa shape index (κ3) is 3.73. The van der Waals surface area contributed by atoms with Gasteiger partial charge in [-0.3, -0.25) is 9.36 Å². The number of hydrogen-bond donors (Lipinski definition) is 1. The number of fused-ring (bicyclic) bond motifs is 1. The van der Waals surface area contributed by atoms with Crippen molar-refractivity contribution in [1.29, 1.82) is 0 Å². The molecule has 3 rings (SSSR count). The molecule has 1 aromatic heterocycles. The van der Waals surface area contributed by atoms with Crippen LogP contribution in [0.25, 0.3) is 11.0 Å². The van der Waals surface area contributed by atoms with E-state index in [9.17, 15) is 18.0 Å². The summed E-state index contributed by atoms with van der Waals surface area (Å²) in [5, 5.41) is 2.76. The zero-order chi connectivity index (χ0) is 19.8. The second-order valence-electron chi connectivity index (χ2n) is 5.50. The fourth-order valence-corrected chi connectivity index (χ4v) is 3.19. The average molecular weight is 418 g/mol. The number of nitrogens with zero attached hydrogens (tertiary/aromatic N) is 2. The molecule has 0 radical (unpaired) electrons. The van der Waals surface area contributed by atoms with Crippen molar-refractivity contribution < 1.29 is 22.7 Å². The number of halogens is 5. The summed E-state index contributed by atoms with van der Waals surface area (Å²) in [4.78, 5) is 16.2. The van der Waals surface area contributed by atoms with Gasteiger partial charge in [-0.25, -0.2) is 4.98 Å². The minimum atomic E-state index is -4.69. The maximum absolute atomic E-state index is 13.3. The van der Waals surface area contributed by atoms with E-state index < -0.39 is 17.9 Å². The number of imidazole rings is 1. The Bertz CT molecular complexity index is 998. The molecule has 0 aliphatic heterocycles. The lowest BCUT2D eigenvalue weighted by Crippen LogP contribution is -2.15. The molecule has 2 aromatic carbocycles. The molecule has 1 amide bonds. The first-order valence-electron chi connectivity index (χ1n) is 7.54. The summed E-state index contributed by atoms with van der Waals surface area (Å²) in [7, 11) is 1.27. The Morgan fingerprint density at radius 2 is 1.81 bits per heavy atom. The molecular formula is C17H12Cl2F3N3O2. The maximum Gasteiger partial charge on any atom is 0.449 e. The van der Waals surface area contributed by atoms with Crippen LogP contribution in [0.2, 0.25) is 10.0 Å². The molecule has 27 heavy (non-hydrogen) atoms. The fourth-order valence-electron chi connectivity index (χ4n) is 2.62. The monoisotopic (exact) mass is 417 g/mol. The molecular weight excluding hydrogens is 406 g/mol. The number of carbonyl (C=O) groups excluding carboxylic acids is 1. The van der Waals surface area contributed by atoms with Gasteiger partial charge in [0.2, 0.25) is 5.82 Å². The van der Waals surface area contributed by atoms with Crippen LogP contribution >= 0.6 is 23.2 Å². The van der Waals surface area contributed by atoms with Crippen LogP contribution in [-0.4, -0.2) is 22.6 Å². The first kappa shape index (κ1) is 19.5. The van der Waals surface area contributed by atoms with Gasteiger partial charge >= 0.3 is 6.18 Å². The number of ether oxygens (including phenoxy) is 1. The quantitative estimate of drug-likeness (QED) is 0.633. The smallest absolute Gasteiger partial charge is 0.364 e. The first-order valence-corrected chi connectivity index (χ1v) is 8.30. The van der Waals surface area contributed by atoms with Crippen LogP contribution in [0.1, 0.15) is 16.2 Å².